The fourth-order valence-electron chi connectivity index (χ4n) is 4.27. The Hall–Kier alpha value is -2.37. The van der Waals surface area contributed by atoms with E-state index in [2.05, 4.69) is 24.0 Å². The number of hydrogen-bond donors (Lipinski definition) is 1. The van der Waals surface area contributed by atoms with Crippen LogP contribution in [0.3, 0.4) is 0 Å². The van der Waals surface area contributed by atoms with Crippen LogP contribution in [0.5, 0.6) is 0 Å². The van der Waals surface area contributed by atoms with E-state index >= 15 is 0 Å². The number of carbonyl (C=O) groups is 1. The molecule has 138 valence electrons. The van der Waals surface area contributed by atoms with Crippen molar-refractivity contribution in [1.82, 2.24) is 19.7 Å². The molecule has 2 bridgehead atoms. The van der Waals surface area contributed by atoms with Gasteiger partial charge in [-0.3, -0.25) is 14.7 Å². The van der Waals surface area contributed by atoms with Gasteiger partial charge >= 0.3 is 0 Å². The largest absolute Gasteiger partial charge is 0.336 e. The Morgan fingerprint density at radius 1 is 1.31 bits per heavy atom. The SMILES string of the molecule is CC(C)CCc1cc(C(=O)N2C[C@H]3C[C@H](C2)c2cccc(=O)n2C3)n[nH]1. The number of likely N-dealkylation sites (tertiary alicyclic amines) is 1. The molecule has 2 aromatic rings. The highest BCUT2D eigenvalue weighted by Gasteiger charge is 2.36. The van der Waals surface area contributed by atoms with Crippen molar-refractivity contribution in [3.63, 3.8) is 0 Å². The van der Waals surface area contributed by atoms with Gasteiger partial charge in [-0.15, -0.1) is 0 Å². The van der Waals surface area contributed by atoms with Gasteiger partial charge in [0.25, 0.3) is 11.5 Å². The molecule has 1 fully saturated rings. The molecule has 1 amide bonds. The van der Waals surface area contributed by atoms with Crippen LogP contribution in [0.25, 0.3) is 0 Å². The molecule has 0 spiro atoms. The molecule has 6 heteroatoms. The summed E-state index contributed by atoms with van der Waals surface area (Å²) in [5.41, 5.74) is 2.66. The summed E-state index contributed by atoms with van der Waals surface area (Å²) in [6, 6.07) is 7.36. The molecular formula is C20H26N4O2. The van der Waals surface area contributed by atoms with Gasteiger partial charge in [-0.05, 0) is 43.2 Å². The molecule has 0 radical (unpaired) electrons. The molecule has 4 heterocycles. The first kappa shape index (κ1) is 17.1. The number of piperidine rings is 1. The molecule has 0 aromatic carbocycles. The number of rotatable bonds is 4. The molecule has 2 aromatic heterocycles. The average molecular weight is 354 g/mol. The number of aromatic amines is 1. The van der Waals surface area contributed by atoms with Crippen LogP contribution >= 0.6 is 0 Å². The summed E-state index contributed by atoms with van der Waals surface area (Å²) in [4.78, 5) is 27.0. The molecule has 4 rings (SSSR count). The van der Waals surface area contributed by atoms with Crippen molar-refractivity contribution in [2.75, 3.05) is 13.1 Å². The number of amides is 1. The predicted molar refractivity (Wildman–Crippen MR) is 99.2 cm³/mol. The lowest BCUT2D eigenvalue weighted by Crippen LogP contribution is -2.49. The summed E-state index contributed by atoms with van der Waals surface area (Å²) in [6.45, 7) is 6.45. The molecule has 0 unspecified atom stereocenters. The standard InChI is InChI=1S/C20H26N4O2/c1-13(2)6-7-16-9-17(22-21-16)20(26)23-10-14-8-15(12-23)18-4-3-5-19(25)24(18)11-14/h3-5,9,13-15H,6-8,10-12H2,1-2H3,(H,21,22)/t14-,15-/m1/s1. The first-order chi connectivity index (χ1) is 12.5. The van der Waals surface area contributed by atoms with Gasteiger partial charge in [0.2, 0.25) is 0 Å². The Bertz CT molecular complexity index is 867. The maximum absolute atomic E-state index is 12.9. The van der Waals surface area contributed by atoms with Gasteiger partial charge in [-0.1, -0.05) is 19.9 Å². The number of aryl methyl sites for hydroxylation is 1. The van der Waals surface area contributed by atoms with Crippen molar-refractivity contribution in [2.45, 2.75) is 45.6 Å². The summed E-state index contributed by atoms with van der Waals surface area (Å²) >= 11 is 0. The summed E-state index contributed by atoms with van der Waals surface area (Å²) in [5.74, 6) is 1.20. The number of nitrogens with zero attached hydrogens (tertiary/aromatic N) is 3. The van der Waals surface area contributed by atoms with E-state index in [9.17, 15) is 9.59 Å². The van der Waals surface area contributed by atoms with E-state index in [1.807, 2.05) is 27.7 Å². The van der Waals surface area contributed by atoms with E-state index in [1.54, 1.807) is 6.07 Å². The number of H-pyrrole nitrogens is 1. The second kappa shape index (κ2) is 6.74. The predicted octanol–water partition coefficient (Wildman–Crippen LogP) is 2.42. The highest BCUT2D eigenvalue weighted by molar-refractivity contribution is 5.92. The maximum atomic E-state index is 12.9. The van der Waals surface area contributed by atoms with Crippen molar-refractivity contribution in [2.24, 2.45) is 11.8 Å². The van der Waals surface area contributed by atoms with Crippen LogP contribution < -0.4 is 5.56 Å². The van der Waals surface area contributed by atoms with Gasteiger partial charge in [0.1, 0.15) is 5.69 Å². The van der Waals surface area contributed by atoms with Gasteiger partial charge in [-0.25, -0.2) is 0 Å². The normalized spacial score (nSPS) is 21.7. The van der Waals surface area contributed by atoms with Crippen LogP contribution in [-0.4, -0.2) is 38.7 Å². The number of pyridine rings is 1. The van der Waals surface area contributed by atoms with Gasteiger partial charge in [0, 0.05) is 43.0 Å². The molecule has 0 aliphatic carbocycles. The number of aromatic nitrogens is 3. The van der Waals surface area contributed by atoms with Crippen LogP contribution in [0, 0.1) is 11.8 Å². The summed E-state index contributed by atoms with van der Waals surface area (Å²) < 4.78 is 1.89. The minimum absolute atomic E-state index is 0.00141. The number of fused-ring (bicyclic) bond motifs is 4. The topological polar surface area (TPSA) is 71.0 Å². The molecule has 26 heavy (non-hydrogen) atoms. The van der Waals surface area contributed by atoms with E-state index < -0.39 is 0 Å². The lowest BCUT2D eigenvalue weighted by molar-refractivity contribution is 0.0588. The molecule has 2 aliphatic heterocycles. The highest BCUT2D eigenvalue weighted by Crippen LogP contribution is 2.35. The lowest BCUT2D eigenvalue weighted by Gasteiger charge is -2.42. The Morgan fingerprint density at radius 2 is 2.15 bits per heavy atom. The van der Waals surface area contributed by atoms with Crippen LogP contribution in [0.1, 0.15) is 54.5 Å². The molecule has 1 saturated heterocycles. The smallest absolute Gasteiger partial charge is 0.274 e. The monoisotopic (exact) mass is 354 g/mol. The van der Waals surface area contributed by atoms with Crippen molar-refractivity contribution in [1.29, 1.82) is 0 Å². The Kier molecular flexibility index (Phi) is 4.42. The Labute approximate surface area is 153 Å². The third-order valence-corrected chi connectivity index (χ3v) is 5.61. The fourth-order valence-corrected chi connectivity index (χ4v) is 4.27. The molecule has 0 saturated carbocycles. The lowest BCUT2D eigenvalue weighted by atomic mass is 9.83. The Balaban J connectivity index is 1.50. The molecule has 2 aliphatic rings. The van der Waals surface area contributed by atoms with Gasteiger partial charge < -0.3 is 9.47 Å². The zero-order chi connectivity index (χ0) is 18.3. The quantitative estimate of drug-likeness (QED) is 0.917. The van der Waals surface area contributed by atoms with Crippen molar-refractivity contribution < 1.29 is 4.79 Å². The minimum atomic E-state index is -0.00141. The van der Waals surface area contributed by atoms with Gasteiger partial charge in [0.05, 0.1) is 0 Å². The Morgan fingerprint density at radius 3 is 2.96 bits per heavy atom. The maximum Gasteiger partial charge on any atom is 0.274 e. The second-order valence-corrected chi connectivity index (χ2v) is 8.12. The van der Waals surface area contributed by atoms with E-state index in [0.29, 0.717) is 37.2 Å². The summed E-state index contributed by atoms with van der Waals surface area (Å²) in [5, 5.41) is 7.26. The van der Waals surface area contributed by atoms with E-state index in [0.717, 1.165) is 30.7 Å². The second-order valence-electron chi connectivity index (χ2n) is 8.12. The van der Waals surface area contributed by atoms with Gasteiger partial charge in [-0.2, -0.15) is 5.10 Å². The van der Waals surface area contributed by atoms with Crippen LogP contribution in [0.2, 0.25) is 0 Å². The minimum Gasteiger partial charge on any atom is -0.336 e. The van der Waals surface area contributed by atoms with Crippen LogP contribution in [0.15, 0.2) is 29.1 Å². The fraction of sp³-hybridized carbons (Fsp3) is 0.550. The first-order valence-corrected chi connectivity index (χ1v) is 9.54. The average Bonchev–Trinajstić information content (AvgIpc) is 3.09. The van der Waals surface area contributed by atoms with E-state index in [4.69, 9.17) is 0 Å². The molecular weight excluding hydrogens is 328 g/mol. The van der Waals surface area contributed by atoms with Crippen LogP contribution in [0.4, 0.5) is 0 Å². The third kappa shape index (κ3) is 3.20. The number of nitrogens with one attached hydrogen (secondary N) is 1. The third-order valence-electron chi connectivity index (χ3n) is 5.61. The molecule has 6 nitrogen and oxygen atoms in total. The van der Waals surface area contributed by atoms with E-state index in [1.165, 1.54) is 0 Å². The first-order valence-electron chi connectivity index (χ1n) is 9.54. The number of carbonyl (C=O) groups excluding carboxylic acids is 1. The van der Waals surface area contributed by atoms with E-state index in [-0.39, 0.29) is 17.4 Å². The summed E-state index contributed by atoms with van der Waals surface area (Å²) in [7, 11) is 0. The molecule has 1 N–H and O–H groups in total. The van der Waals surface area contributed by atoms with Crippen molar-refractivity contribution in [3.8, 4) is 0 Å². The highest BCUT2D eigenvalue weighted by atomic mass is 16.2. The summed E-state index contributed by atoms with van der Waals surface area (Å²) in [6.07, 6.45) is 3.04. The number of hydrogen-bond acceptors (Lipinski definition) is 3. The molecule has 2 atom stereocenters. The van der Waals surface area contributed by atoms with Crippen molar-refractivity contribution >= 4 is 5.91 Å². The zero-order valence-electron chi connectivity index (χ0n) is 15.4. The van der Waals surface area contributed by atoms with Crippen molar-refractivity contribution in [3.05, 3.63) is 51.7 Å². The van der Waals surface area contributed by atoms with Crippen LogP contribution in [-0.2, 0) is 13.0 Å². The zero-order valence-corrected chi connectivity index (χ0v) is 15.4. The van der Waals surface area contributed by atoms with Gasteiger partial charge in [0.15, 0.2) is 0 Å².